The summed E-state index contributed by atoms with van der Waals surface area (Å²) in [7, 11) is 0. The molecule has 1 aromatic carbocycles. The van der Waals surface area contributed by atoms with E-state index in [0.29, 0.717) is 18.8 Å². The van der Waals surface area contributed by atoms with Gasteiger partial charge in [-0.15, -0.1) is 0 Å². The molecule has 0 saturated heterocycles. The second-order valence-electron chi connectivity index (χ2n) is 5.17. The van der Waals surface area contributed by atoms with Crippen molar-refractivity contribution in [1.29, 1.82) is 0 Å². The van der Waals surface area contributed by atoms with Gasteiger partial charge >= 0.3 is 0 Å². The van der Waals surface area contributed by atoms with Gasteiger partial charge in [0, 0.05) is 19.3 Å². The molecule has 3 heterocycles. The topological polar surface area (TPSA) is 51.7 Å². The average molecular weight is 282 g/mol. The zero-order valence-corrected chi connectivity index (χ0v) is 11.4. The predicted molar refractivity (Wildman–Crippen MR) is 75.2 cm³/mol. The predicted octanol–water partition coefficient (Wildman–Crippen LogP) is 2.01. The van der Waals surface area contributed by atoms with Gasteiger partial charge in [0.1, 0.15) is 5.69 Å². The van der Waals surface area contributed by atoms with E-state index in [1.54, 1.807) is 12.3 Å². The van der Waals surface area contributed by atoms with Crippen molar-refractivity contribution in [2.75, 3.05) is 13.3 Å². The van der Waals surface area contributed by atoms with E-state index >= 15 is 0 Å². The summed E-state index contributed by atoms with van der Waals surface area (Å²) in [6.45, 7) is 1.55. The number of benzene rings is 1. The highest BCUT2D eigenvalue weighted by Crippen LogP contribution is 2.36. The van der Waals surface area contributed by atoms with Crippen molar-refractivity contribution in [3.05, 3.63) is 53.3 Å². The highest BCUT2D eigenvalue weighted by Gasteiger charge is 2.25. The number of rotatable bonds is 1. The Hall–Kier alpha value is -2.56. The molecule has 0 saturated carbocycles. The largest absolute Gasteiger partial charge is 0.454 e. The lowest BCUT2D eigenvalue weighted by molar-refractivity contribution is 0.0728. The number of fused-ring (bicyclic) bond motifs is 2. The lowest BCUT2D eigenvalue weighted by Crippen LogP contribution is -2.36. The molecule has 5 nitrogen and oxygen atoms in total. The van der Waals surface area contributed by atoms with Gasteiger partial charge in [0.15, 0.2) is 11.5 Å². The van der Waals surface area contributed by atoms with Crippen LogP contribution in [0, 0.1) is 0 Å². The molecule has 0 spiro atoms. The van der Waals surface area contributed by atoms with E-state index < -0.39 is 0 Å². The quantitative estimate of drug-likeness (QED) is 0.803. The van der Waals surface area contributed by atoms with Crippen LogP contribution >= 0.6 is 0 Å². The van der Waals surface area contributed by atoms with Crippen LogP contribution in [0.15, 0.2) is 36.5 Å². The zero-order chi connectivity index (χ0) is 14.2. The molecule has 0 atom stereocenters. The van der Waals surface area contributed by atoms with E-state index in [1.807, 2.05) is 29.2 Å². The molecule has 0 N–H and O–H groups in total. The maximum absolute atomic E-state index is 12.5. The SMILES string of the molecule is O=C(c1ccccn1)N1CCc2cc3c(cc2C1)OCO3. The summed E-state index contributed by atoms with van der Waals surface area (Å²) in [5.41, 5.74) is 2.83. The van der Waals surface area contributed by atoms with Crippen LogP contribution in [0.3, 0.4) is 0 Å². The Kier molecular flexibility index (Phi) is 2.77. The first-order valence-corrected chi connectivity index (χ1v) is 6.93. The van der Waals surface area contributed by atoms with Gasteiger partial charge in [-0.2, -0.15) is 0 Å². The fraction of sp³-hybridized carbons (Fsp3) is 0.250. The Morgan fingerprint density at radius 3 is 2.71 bits per heavy atom. The number of carbonyl (C=O) groups is 1. The Labute approximate surface area is 122 Å². The normalized spacial score (nSPS) is 15.7. The summed E-state index contributed by atoms with van der Waals surface area (Å²) < 4.78 is 10.8. The number of pyridine rings is 1. The van der Waals surface area contributed by atoms with Crippen molar-refractivity contribution in [2.45, 2.75) is 13.0 Å². The second kappa shape index (κ2) is 4.77. The van der Waals surface area contributed by atoms with Crippen molar-refractivity contribution in [3.8, 4) is 11.5 Å². The van der Waals surface area contributed by atoms with E-state index in [-0.39, 0.29) is 12.7 Å². The van der Waals surface area contributed by atoms with Crippen molar-refractivity contribution in [1.82, 2.24) is 9.88 Å². The summed E-state index contributed by atoms with van der Waals surface area (Å²) in [4.78, 5) is 18.4. The molecule has 1 aromatic heterocycles. The lowest BCUT2D eigenvalue weighted by Gasteiger charge is -2.28. The summed E-state index contributed by atoms with van der Waals surface area (Å²) in [6.07, 6.45) is 2.47. The molecule has 4 rings (SSSR count). The molecular formula is C16H14N2O3. The standard InChI is InChI=1S/C16H14N2O3/c19-16(13-3-1-2-5-17-13)18-6-4-11-7-14-15(21-10-20-14)8-12(11)9-18/h1-3,5,7-8H,4,6,9-10H2. The van der Waals surface area contributed by atoms with Crippen molar-refractivity contribution in [2.24, 2.45) is 0 Å². The Bertz CT molecular complexity index is 700. The van der Waals surface area contributed by atoms with E-state index in [1.165, 1.54) is 5.56 Å². The van der Waals surface area contributed by atoms with E-state index in [0.717, 1.165) is 23.5 Å². The summed E-state index contributed by atoms with van der Waals surface area (Å²) in [6, 6.07) is 9.40. The Balaban J connectivity index is 1.61. The van der Waals surface area contributed by atoms with Gasteiger partial charge < -0.3 is 14.4 Å². The third-order valence-corrected chi connectivity index (χ3v) is 3.88. The van der Waals surface area contributed by atoms with Gasteiger partial charge in [0.25, 0.3) is 5.91 Å². The van der Waals surface area contributed by atoms with Crippen molar-refractivity contribution >= 4 is 5.91 Å². The van der Waals surface area contributed by atoms with Gasteiger partial charge in [0.2, 0.25) is 6.79 Å². The van der Waals surface area contributed by atoms with Crippen molar-refractivity contribution in [3.63, 3.8) is 0 Å². The van der Waals surface area contributed by atoms with Gasteiger partial charge in [-0.1, -0.05) is 6.07 Å². The molecule has 1 amide bonds. The lowest BCUT2D eigenvalue weighted by atomic mass is 9.98. The minimum Gasteiger partial charge on any atom is -0.454 e. The molecule has 106 valence electrons. The van der Waals surface area contributed by atoms with Gasteiger partial charge in [-0.25, -0.2) is 0 Å². The third kappa shape index (κ3) is 2.11. The molecule has 0 bridgehead atoms. The van der Waals surface area contributed by atoms with Crippen LogP contribution in [0.4, 0.5) is 0 Å². The minimum atomic E-state index is -0.0288. The number of nitrogens with zero attached hydrogens (tertiary/aromatic N) is 2. The molecule has 0 fully saturated rings. The zero-order valence-electron chi connectivity index (χ0n) is 11.4. The maximum atomic E-state index is 12.5. The van der Waals surface area contributed by atoms with E-state index in [9.17, 15) is 4.79 Å². The van der Waals surface area contributed by atoms with E-state index in [2.05, 4.69) is 4.98 Å². The molecule has 2 aliphatic rings. The Morgan fingerprint density at radius 1 is 1.14 bits per heavy atom. The fourth-order valence-corrected chi connectivity index (χ4v) is 2.77. The van der Waals surface area contributed by atoms with E-state index in [4.69, 9.17) is 9.47 Å². The molecule has 0 unspecified atom stereocenters. The Morgan fingerprint density at radius 2 is 1.95 bits per heavy atom. The third-order valence-electron chi connectivity index (χ3n) is 3.88. The van der Waals surface area contributed by atoms with Crippen LogP contribution in [0.5, 0.6) is 11.5 Å². The second-order valence-corrected chi connectivity index (χ2v) is 5.17. The van der Waals surface area contributed by atoms with Crippen LogP contribution in [0.25, 0.3) is 0 Å². The first-order chi connectivity index (χ1) is 10.3. The molecule has 21 heavy (non-hydrogen) atoms. The smallest absolute Gasteiger partial charge is 0.272 e. The number of carbonyl (C=O) groups excluding carboxylic acids is 1. The van der Waals surface area contributed by atoms with Crippen LogP contribution in [0.1, 0.15) is 21.6 Å². The highest BCUT2D eigenvalue weighted by molar-refractivity contribution is 5.92. The molecule has 2 aromatic rings. The van der Waals surface area contributed by atoms with Crippen LogP contribution in [-0.4, -0.2) is 29.1 Å². The van der Waals surface area contributed by atoms with Crippen molar-refractivity contribution < 1.29 is 14.3 Å². The van der Waals surface area contributed by atoms with Crippen LogP contribution < -0.4 is 9.47 Å². The molecule has 5 heteroatoms. The van der Waals surface area contributed by atoms with Crippen LogP contribution in [-0.2, 0) is 13.0 Å². The monoisotopic (exact) mass is 282 g/mol. The van der Waals surface area contributed by atoms with Crippen LogP contribution in [0.2, 0.25) is 0 Å². The number of ether oxygens (including phenoxy) is 2. The molecular weight excluding hydrogens is 268 g/mol. The highest BCUT2D eigenvalue weighted by atomic mass is 16.7. The van der Waals surface area contributed by atoms with Gasteiger partial charge in [-0.05, 0) is 41.8 Å². The van der Waals surface area contributed by atoms with Gasteiger partial charge in [-0.3, -0.25) is 9.78 Å². The van der Waals surface area contributed by atoms with Gasteiger partial charge in [0.05, 0.1) is 0 Å². The number of aromatic nitrogens is 1. The summed E-state index contributed by atoms with van der Waals surface area (Å²) in [5, 5.41) is 0. The first kappa shape index (κ1) is 12.2. The number of hydrogen-bond donors (Lipinski definition) is 0. The molecule has 0 aliphatic carbocycles. The number of amides is 1. The maximum Gasteiger partial charge on any atom is 0.272 e. The summed E-state index contributed by atoms with van der Waals surface area (Å²) in [5.74, 6) is 1.54. The summed E-state index contributed by atoms with van der Waals surface area (Å²) >= 11 is 0. The minimum absolute atomic E-state index is 0.0288. The fourth-order valence-electron chi connectivity index (χ4n) is 2.77. The molecule has 2 aliphatic heterocycles. The first-order valence-electron chi connectivity index (χ1n) is 6.93. The molecule has 0 radical (unpaired) electrons. The number of hydrogen-bond acceptors (Lipinski definition) is 4. The average Bonchev–Trinajstić information content (AvgIpc) is 2.99.